The van der Waals surface area contributed by atoms with Gasteiger partial charge in [0.2, 0.25) is 5.78 Å². The number of allylic oxidation sites excluding steroid dienone is 2. The van der Waals surface area contributed by atoms with Gasteiger partial charge in [0.1, 0.15) is 0 Å². The fraction of sp³-hybridized carbons (Fsp3) is 0.200. The number of benzene rings is 1. The average Bonchev–Trinajstić information content (AvgIpc) is 2.66. The predicted octanol–water partition coefficient (Wildman–Crippen LogP) is 1.71. The van der Waals surface area contributed by atoms with Gasteiger partial charge in [-0.25, -0.2) is 0 Å². The van der Waals surface area contributed by atoms with Gasteiger partial charge in [-0.15, -0.1) is 0 Å². The zero-order chi connectivity index (χ0) is 12.5. The first-order chi connectivity index (χ1) is 8.77. The van der Waals surface area contributed by atoms with Crippen molar-refractivity contribution >= 4 is 11.7 Å². The van der Waals surface area contributed by atoms with Crippen LogP contribution in [0.3, 0.4) is 0 Å². The summed E-state index contributed by atoms with van der Waals surface area (Å²) in [5.41, 5.74) is 1.04. The molecule has 3 rings (SSSR count). The third-order valence-corrected chi connectivity index (χ3v) is 3.44. The maximum Gasteiger partial charge on any atom is 0.291 e. The molecule has 1 aromatic rings. The summed E-state index contributed by atoms with van der Waals surface area (Å²) in [5.74, 6) is -0.965. The number of nitrogens with zero attached hydrogens (tertiary/aromatic N) is 1. The lowest BCUT2D eigenvalue weighted by molar-refractivity contribution is -0.141. The molecule has 0 spiro atoms. The van der Waals surface area contributed by atoms with Crippen LogP contribution in [0.2, 0.25) is 0 Å². The molecule has 2 atom stereocenters. The summed E-state index contributed by atoms with van der Waals surface area (Å²) in [5, 5.41) is 0. The standard InChI is InChI=1S/C15H13NO2/c17-14-12-8-4-5-9-13(12)16(15(14)18)10-11-6-2-1-3-7-11/h1-9,12-13H,10H2/t12-,13+/m0/s1. The van der Waals surface area contributed by atoms with Crippen molar-refractivity contribution in [2.45, 2.75) is 12.6 Å². The molecule has 0 unspecified atom stereocenters. The van der Waals surface area contributed by atoms with Crippen molar-refractivity contribution in [2.24, 2.45) is 5.92 Å². The van der Waals surface area contributed by atoms with E-state index in [0.29, 0.717) is 6.54 Å². The highest BCUT2D eigenvalue weighted by Gasteiger charge is 2.45. The van der Waals surface area contributed by atoms with Gasteiger partial charge in [0.05, 0.1) is 12.0 Å². The highest BCUT2D eigenvalue weighted by Crippen LogP contribution is 2.28. The van der Waals surface area contributed by atoms with Crippen LogP contribution < -0.4 is 0 Å². The Hall–Kier alpha value is -2.16. The Balaban J connectivity index is 1.88. The van der Waals surface area contributed by atoms with Crippen molar-refractivity contribution in [3.63, 3.8) is 0 Å². The molecule has 1 aliphatic carbocycles. The lowest BCUT2D eigenvalue weighted by atomic mass is 9.95. The number of hydrogen-bond donors (Lipinski definition) is 0. The third kappa shape index (κ3) is 1.68. The molecule has 1 saturated heterocycles. The van der Waals surface area contributed by atoms with Gasteiger partial charge < -0.3 is 4.90 Å². The Bertz CT molecular complexity index is 545. The SMILES string of the molecule is O=C1C(=O)N(Cc2ccccc2)[C@@H]2C=CC=C[C@H]12. The second-order valence-corrected chi connectivity index (χ2v) is 4.57. The molecule has 1 aliphatic heterocycles. The van der Waals surface area contributed by atoms with Crippen LogP contribution in [0.5, 0.6) is 0 Å². The van der Waals surface area contributed by atoms with E-state index >= 15 is 0 Å². The molecule has 0 radical (unpaired) electrons. The quantitative estimate of drug-likeness (QED) is 0.737. The van der Waals surface area contributed by atoms with Crippen LogP contribution in [0.15, 0.2) is 54.6 Å². The number of Topliss-reactive ketones (excluding diaryl/α,β-unsaturated/α-hetero) is 1. The molecular weight excluding hydrogens is 226 g/mol. The molecule has 18 heavy (non-hydrogen) atoms. The first-order valence-corrected chi connectivity index (χ1v) is 6.01. The zero-order valence-corrected chi connectivity index (χ0v) is 9.82. The minimum atomic E-state index is -0.370. The number of likely N-dealkylation sites (tertiary alicyclic amines) is 1. The van der Waals surface area contributed by atoms with Gasteiger partial charge in [-0.1, -0.05) is 54.6 Å². The van der Waals surface area contributed by atoms with Crippen molar-refractivity contribution in [3.05, 3.63) is 60.2 Å². The van der Waals surface area contributed by atoms with Crippen LogP contribution in [0.1, 0.15) is 5.56 Å². The molecular formula is C15H13NO2. The summed E-state index contributed by atoms with van der Waals surface area (Å²) < 4.78 is 0. The van der Waals surface area contributed by atoms with Crippen LogP contribution in [0, 0.1) is 5.92 Å². The summed E-state index contributed by atoms with van der Waals surface area (Å²) in [4.78, 5) is 25.5. The minimum Gasteiger partial charge on any atom is -0.324 e. The maximum absolute atomic E-state index is 12.0. The molecule has 90 valence electrons. The molecule has 1 fully saturated rings. The molecule has 0 saturated carbocycles. The summed E-state index contributed by atoms with van der Waals surface area (Å²) >= 11 is 0. The van der Waals surface area contributed by atoms with Crippen molar-refractivity contribution in [3.8, 4) is 0 Å². The van der Waals surface area contributed by atoms with E-state index in [2.05, 4.69) is 0 Å². The number of rotatable bonds is 2. The number of hydrogen-bond acceptors (Lipinski definition) is 2. The van der Waals surface area contributed by atoms with E-state index < -0.39 is 0 Å². The van der Waals surface area contributed by atoms with Crippen molar-refractivity contribution in [1.29, 1.82) is 0 Å². The van der Waals surface area contributed by atoms with Crippen LogP contribution in [0.25, 0.3) is 0 Å². The first kappa shape index (κ1) is 11.0. The fourth-order valence-electron chi connectivity index (χ4n) is 2.51. The Morgan fingerprint density at radius 1 is 1.00 bits per heavy atom. The van der Waals surface area contributed by atoms with Gasteiger partial charge in [0.15, 0.2) is 0 Å². The van der Waals surface area contributed by atoms with Crippen LogP contribution in [-0.2, 0) is 16.1 Å². The third-order valence-electron chi connectivity index (χ3n) is 3.44. The molecule has 1 aromatic carbocycles. The molecule has 1 heterocycles. The minimum absolute atomic E-state index is 0.116. The van der Waals surface area contributed by atoms with E-state index in [4.69, 9.17) is 0 Å². The van der Waals surface area contributed by atoms with Crippen LogP contribution >= 0.6 is 0 Å². The van der Waals surface area contributed by atoms with E-state index in [1.165, 1.54) is 0 Å². The molecule has 0 N–H and O–H groups in total. The number of amides is 1. The second-order valence-electron chi connectivity index (χ2n) is 4.57. The number of carbonyl (C=O) groups is 2. The van der Waals surface area contributed by atoms with E-state index in [1.54, 1.807) is 4.90 Å². The van der Waals surface area contributed by atoms with Gasteiger partial charge in [0.25, 0.3) is 5.91 Å². The summed E-state index contributed by atoms with van der Waals surface area (Å²) in [6, 6.07) is 9.63. The normalized spacial score (nSPS) is 25.7. The lowest BCUT2D eigenvalue weighted by Crippen LogP contribution is -2.33. The Morgan fingerprint density at radius 3 is 2.50 bits per heavy atom. The smallest absolute Gasteiger partial charge is 0.291 e. The molecule has 1 amide bonds. The Labute approximate surface area is 105 Å². The highest BCUT2D eigenvalue weighted by atomic mass is 16.2. The van der Waals surface area contributed by atoms with Gasteiger partial charge >= 0.3 is 0 Å². The molecule has 2 aliphatic rings. The van der Waals surface area contributed by atoms with Gasteiger partial charge in [0, 0.05) is 6.54 Å². The number of ketones is 1. The van der Waals surface area contributed by atoms with Crippen molar-refractivity contribution < 1.29 is 9.59 Å². The highest BCUT2D eigenvalue weighted by molar-refractivity contribution is 6.39. The van der Waals surface area contributed by atoms with Gasteiger partial charge in [-0.05, 0) is 5.56 Å². The fourth-order valence-corrected chi connectivity index (χ4v) is 2.51. The van der Waals surface area contributed by atoms with Gasteiger partial charge in [-0.2, -0.15) is 0 Å². The van der Waals surface area contributed by atoms with Gasteiger partial charge in [-0.3, -0.25) is 9.59 Å². The molecule has 3 nitrogen and oxygen atoms in total. The lowest BCUT2D eigenvalue weighted by Gasteiger charge is -2.24. The topological polar surface area (TPSA) is 37.4 Å². The number of fused-ring (bicyclic) bond motifs is 1. The molecule has 0 bridgehead atoms. The Kier molecular flexibility index (Phi) is 2.59. The van der Waals surface area contributed by atoms with E-state index in [1.807, 2.05) is 54.6 Å². The van der Waals surface area contributed by atoms with Crippen LogP contribution in [-0.4, -0.2) is 22.6 Å². The summed E-state index contributed by atoms with van der Waals surface area (Å²) in [6.45, 7) is 0.491. The van der Waals surface area contributed by atoms with Crippen molar-refractivity contribution in [1.82, 2.24) is 4.90 Å². The van der Waals surface area contributed by atoms with E-state index in [9.17, 15) is 9.59 Å². The predicted molar refractivity (Wildman–Crippen MR) is 67.6 cm³/mol. The molecule has 0 aromatic heterocycles. The largest absolute Gasteiger partial charge is 0.324 e. The van der Waals surface area contributed by atoms with E-state index in [0.717, 1.165) is 5.56 Å². The van der Waals surface area contributed by atoms with Crippen LogP contribution in [0.4, 0.5) is 0 Å². The van der Waals surface area contributed by atoms with E-state index in [-0.39, 0.29) is 23.7 Å². The monoisotopic (exact) mass is 239 g/mol. The zero-order valence-electron chi connectivity index (χ0n) is 9.82. The summed E-state index contributed by atoms with van der Waals surface area (Å²) in [7, 11) is 0. The Morgan fingerprint density at radius 2 is 1.72 bits per heavy atom. The molecule has 3 heteroatoms. The second kappa shape index (κ2) is 4.26. The number of carbonyl (C=O) groups excluding carboxylic acids is 2. The first-order valence-electron chi connectivity index (χ1n) is 6.01. The summed E-state index contributed by atoms with van der Waals surface area (Å²) in [6.07, 6.45) is 7.47. The van der Waals surface area contributed by atoms with Crippen molar-refractivity contribution in [2.75, 3.05) is 0 Å². The maximum atomic E-state index is 12.0. The average molecular weight is 239 g/mol.